The quantitative estimate of drug-likeness (QED) is 0.628. The molecule has 152 valence electrons. The van der Waals surface area contributed by atoms with E-state index in [2.05, 4.69) is 4.90 Å². The number of aliphatic hydroxyl groups is 1. The first-order chi connectivity index (χ1) is 12.9. The molecular weight excluding hydrogens is 356 g/mol. The van der Waals surface area contributed by atoms with Crippen LogP contribution in [0.15, 0.2) is 12.1 Å². The maximum atomic E-state index is 13.7. The van der Waals surface area contributed by atoms with Gasteiger partial charge in [-0.1, -0.05) is 0 Å². The second kappa shape index (κ2) is 10.7. The van der Waals surface area contributed by atoms with E-state index in [1.54, 1.807) is 13.8 Å². The standard InChI is InChI=1S/C20H29F2NO4/c1-3-26-20(25)7-6-15-10-18(21)19(22)11-17(15)14(2)27-13-16(24)12-23-8-4-5-9-23/h10-11,14,16,24H,3-9,12-13H2,1-2H3. The molecule has 1 heterocycles. The van der Waals surface area contributed by atoms with E-state index in [-0.39, 0.29) is 32.0 Å². The van der Waals surface area contributed by atoms with Crippen molar-refractivity contribution >= 4 is 5.97 Å². The molecule has 5 nitrogen and oxygen atoms in total. The van der Waals surface area contributed by atoms with Crippen molar-refractivity contribution in [2.45, 2.75) is 51.7 Å². The van der Waals surface area contributed by atoms with Crippen LogP contribution in [-0.4, -0.2) is 54.9 Å². The molecule has 2 unspecified atom stereocenters. The summed E-state index contributed by atoms with van der Waals surface area (Å²) in [5.74, 6) is -2.31. The van der Waals surface area contributed by atoms with Crippen molar-refractivity contribution in [3.8, 4) is 0 Å². The SMILES string of the molecule is CCOC(=O)CCc1cc(F)c(F)cc1C(C)OCC(O)CN1CCCC1. The number of hydrogen-bond acceptors (Lipinski definition) is 5. The molecule has 0 radical (unpaired) electrons. The van der Waals surface area contributed by atoms with Crippen LogP contribution in [0, 0.1) is 11.6 Å². The molecule has 0 saturated carbocycles. The van der Waals surface area contributed by atoms with Gasteiger partial charge in [-0.15, -0.1) is 0 Å². The second-order valence-electron chi connectivity index (χ2n) is 6.91. The van der Waals surface area contributed by atoms with Gasteiger partial charge in [0.2, 0.25) is 0 Å². The van der Waals surface area contributed by atoms with Crippen molar-refractivity contribution in [1.82, 2.24) is 4.90 Å². The number of β-amino-alcohol motifs (C(OH)–C–C–N with tert-alkyl or cyclic N) is 1. The third kappa shape index (κ3) is 6.83. The van der Waals surface area contributed by atoms with Crippen LogP contribution in [0.25, 0.3) is 0 Å². The molecule has 0 aliphatic carbocycles. The number of likely N-dealkylation sites (tertiary alicyclic amines) is 1. The molecule has 0 amide bonds. The van der Waals surface area contributed by atoms with Gasteiger partial charge in [-0.05, 0) is 69.5 Å². The molecule has 0 aromatic heterocycles. The fourth-order valence-electron chi connectivity index (χ4n) is 3.33. The van der Waals surface area contributed by atoms with Crippen LogP contribution in [0.3, 0.4) is 0 Å². The summed E-state index contributed by atoms with van der Waals surface area (Å²) >= 11 is 0. The molecule has 1 aliphatic heterocycles. The zero-order valence-electron chi connectivity index (χ0n) is 16.0. The summed E-state index contributed by atoms with van der Waals surface area (Å²) in [4.78, 5) is 13.8. The van der Waals surface area contributed by atoms with Gasteiger partial charge in [-0.25, -0.2) is 8.78 Å². The van der Waals surface area contributed by atoms with E-state index in [0.29, 0.717) is 17.7 Å². The van der Waals surface area contributed by atoms with Crippen LogP contribution < -0.4 is 0 Å². The van der Waals surface area contributed by atoms with Gasteiger partial charge in [0.05, 0.1) is 25.4 Å². The third-order valence-electron chi connectivity index (χ3n) is 4.73. The fourth-order valence-corrected chi connectivity index (χ4v) is 3.33. The van der Waals surface area contributed by atoms with E-state index in [4.69, 9.17) is 9.47 Å². The Morgan fingerprint density at radius 3 is 2.59 bits per heavy atom. The number of carbonyl (C=O) groups is 1. The highest BCUT2D eigenvalue weighted by atomic mass is 19.2. The maximum absolute atomic E-state index is 13.7. The summed E-state index contributed by atoms with van der Waals surface area (Å²) in [6.07, 6.45) is 1.42. The predicted octanol–water partition coefficient (Wildman–Crippen LogP) is 2.99. The molecule has 1 aromatic carbocycles. The Balaban J connectivity index is 1.96. The van der Waals surface area contributed by atoms with Crippen LogP contribution in [0.2, 0.25) is 0 Å². The summed E-state index contributed by atoms with van der Waals surface area (Å²) in [5, 5.41) is 10.1. The first-order valence-electron chi connectivity index (χ1n) is 9.56. The number of rotatable bonds is 10. The topological polar surface area (TPSA) is 59.0 Å². The molecule has 1 N–H and O–H groups in total. The van der Waals surface area contributed by atoms with Gasteiger partial charge in [0.1, 0.15) is 0 Å². The zero-order valence-corrected chi connectivity index (χ0v) is 16.0. The summed E-state index contributed by atoms with van der Waals surface area (Å²) in [5.41, 5.74) is 0.982. The Labute approximate surface area is 159 Å². The van der Waals surface area contributed by atoms with Crippen LogP contribution in [0.4, 0.5) is 8.78 Å². The first kappa shape index (κ1) is 21.7. The number of aliphatic hydroxyl groups excluding tert-OH is 1. The lowest BCUT2D eigenvalue weighted by Crippen LogP contribution is -2.33. The Bertz CT molecular complexity index is 620. The molecule has 7 heteroatoms. The van der Waals surface area contributed by atoms with Gasteiger partial charge >= 0.3 is 5.97 Å². The first-order valence-corrected chi connectivity index (χ1v) is 9.56. The number of hydrogen-bond donors (Lipinski definition) is 1. The van der Waals surface area contributed by atoms with Gasteiger partial charge in [-0.3, -0.25) is 4.79 Å². The molecule has 1 aromatic rings. The van der Waals surface area contributed by atoms with Gasteiger partial charge in [-0.2, -0.15) is 0 Å². The molecule has 1 fully saturated rings. The minimum Gasteiger partial charge on any atom is -0.466 e. The summed E-state index contributed by atoms with van der Waals surface area (Å²) in [6.45, 7) is 6.32. The number of benzene rings is 1. The fraction of sp³-hybridized carbons (Fsp3) is 0.650. The maximum Gasteiger partial charge on any atom is 0.306 e. The minimum atomic E-state index is -0.960. The van der Waals surface area contributed by atoms with Gasteiger partial charge in [0, 0.05) is 13.0 Å². The summed E-state index contributed by atoms with van der Waals surface area (Å²) in [6, 6.07) is 2.21. The number of halogens is 2. The Morgan fingerprint density at radius 2 is 1.93 bits per heavy atom. The molecule has 2 atom stereocenters. The predicted molar refractivity (Wildman–Crippen MR) is 97.4 cm³/mol. The second-order valence-corrected chi connectivity index (χ2v) is 6.91. The molecule has 0 bridgehead atoms. The van der Waals surface area contributed by atoms with E-state index in [0.717, 1.165) is 38.1 Å². The third-order valence-corrected chi connectivity index (χ3v) is 4.73. The highest BCUT2D eigenvalue weighted by Crippen LogP contribution is 2.26. The van der Waals surface area contributed by atoms with Crippen molar-refractivity contribution in [3.05, 3.63) is 34.9 Å². The molecule has 1 saturated heterocycles. The average Bonchev–Trinajstić information content (AvgIpc) is 3.13. The highest BCUT2D eigenvalue weighted by molar-refractivity contribution is 5.69. The number of esters is 1. The van der Waals surface area contributed by atoms with Crippen molar-refractivity contribution in [2.24, 2.45) is 0 Å². The number of ether oxygens (including phenoxy) is 2. The average molecular weight is 385 g/mol. The molecule has 2 rings (SSSR count). The van der Waals surface area contributed by atoms with E-state index in [1.165, 1.54) is 0 Å². The van der Waals surface area contributed by atoms with Crippen LogP contribution in [-0.2, 0) is 20.7 Å². The van der Waals surface area contributed by atoms with Crippen LogP contribution in [0.1, 0.15) is 50.3 Å². The monoisotopic (exact) mass is 385 g/mol. The lowest BCUT2D eigenvalue weighted by atomic mass is 9.98. The van der Waals surface area contributed by atoms with Crippen molar-refractivity contribution < 1.29 is 28.2 Å². The van der Waals surface area contributed by atoms with Crippen molar-refractivity contribution in [1.29, 1.82) is 0 Å². The molecular formula is C20H29F2NO4. The van der Waals surface area contributed by atoms with Crippen LogP contribution in [0.5, 0.6) is 0 Å². The van der Waals surface area contributed by atoms with E-state index in [1.807, 2.05) is 0 Å². The Morgan fingerprint density at radius 1 is 1.26 bits per heavy atom. The minimum absolute atomic E-state index is 0.0796. The van der Waals surface area contributed by atoms with Crippen LogP contribution >= 0.6 is 0 Å². The number of carbonyl (C=O) groups excluding carboxylic acids is 1. The van der Waals surface area contributed by atoms with E-state index >= 15 is 0 Å². The number of nitrogens with zero attached hydrogens (tertiary/aromatic N) is 1. The molecule has 0 spiro atoms. The highest BCUT2D eigenvalue weighted by Gasteiger charge is 2.20. The zero-order chi connectivity index (χ0) is 19.8. The Kier molecular flexibility index (Phi) is 8.60. The van der Waals surface area contributed by atoms with Gasteiger partial charge < -0.3 is 19.5 Å². The largest absolute Gasteiger partial charge is 0.466 e. The van der Waals surface area contributed by atoms with Crippen molar-refractivity contribution in [3.63, 3.8) is 0 Å². The van der Waals surface area contributed by atoms with Gasteiger partial charge in [0.25, 0.3) is 0 Å². The smallest absolute Gasteiger partial charge is 0.306 e. The van der Waals surface area contributed by atoms with E-state index < -0.39 is 23.8 Å². The number of aryl methyl sites for hydroxylation is 1. The lowest BCUT2D eigenvalue weighted by Gasteiger charge is -2.22. The normalized spacial score (nSPS) is 17.1. The van der Waals surface area contributed by atoms with E-state index in [9.17, 15) is 18.7 Å². The lowest BCUT2D eigenvalue weighted by molar-refractivity contribution is -0.143. The summed E-state index contributed by atoms with van der Waals surface area (Å²) in [7, 11) is 0. The molecule has 1 aliphatic rings. The van der Waals surface area contributed by atoms with Crippen molar-refractivity contribution in [2.75, 3.05) is 32.8 Å². The molecule has 27 heavy (non-hydrogen) atoms. The Hall–Kier alpha value is -1.57. The summed E-state index contributed by atoms with van der Waals surface area (Å²) < 4.78 is 38.0. The van der Waals surface area contributed by atoms with Gasteiger partial charge in [0.15, 0.2) is 11.6 Å².